The fourth-order valence-electron chi connectivity index (χ4n) is 2.67. The Hall–Kier alpha value is -3.42. The summed E-state index contributed by atoms with van der Waals surface area (Å²) in [7, 11) is 0. The van der Waals surface area contributed by atoms with E-state index in [1.807, 2.05) is 6.92 Å². The van der Waals surface area contributed by atoms with E-state index >= 15 is 0 Å². The second kappa shape index (κ2) is 5.90. The number of nitrogen functional groups attached to an aromatic ring is 1. The van der Waals surface area contributed by atoms with Crippen molar-refractivity contribution in [2.24, 2.45) is 0 Å². The summed E-state index contributed by atoms with van der Waals surface area (Å²) in [4.78, 5) is 47.7. The molecule has 8 heteroatoms. The summed E-state index contributed by atoms with van der Waals surface area (Å²) >= 11 is 0. The predicted molar refractivity (Wildman–Crippen MR) is 91.9 cm³/mol. The first-order chi connectivity index (χ1) is 11.8. The molecule has 2 heterocycles. The smallest absolute Gasteiger partial charge is 0.262 e. The van der Waals surface area contributed by atoms with Crippen LogP contribution in [0.3, 0.4) is 0 Å². The molecule has 25 heavy (non-hydrogen) atoms. The van der Waals surface area contributed by atoms with Crippen molar-refractivity contribution < 1.29 is 14.4 Å². The van der Waals surface area contributed by atoms with Crippen molar-refractivity contribution in [2.75, 3.05) is 11.1 Å². The van der Waals surface area contributed by atoms with E-state index in [1.165, 1.54) is 0 Å². The highest BCUT2D eigenvalue weighted by atomic mass is 16.2. The Labute approximate surface area is 142 Å². The lowest BCUT2D eigenvalue weighted by Gasteiger charge is -2.14. The van der Waals surface area contributed by atoms with Crippen LogP contribution in [0.2, 0.25) is 0 Å². The van der Waals surface area contributed by atoms with E-state index in [-0.39, 0.29) is 22.9 Å². The number of nitrogens with one attached hydrogen (secondary N) is 2. The van der Waals surface area contributed by atoms with Gasteiger partial charge in [-0.25, -0.2) is 0 Å². The maximum atomic E-state index is 12.4. The molecule has 0 radical (unpaired) electrons. The molecule has 1 aromatic heterocycles. The van der Waals surface area contributed by atoms with Crippen LogP contribution in [-0.2, 0) is 4.79 Å². The molecule has 0 unspecified atom stereocenters. The van der Waals surface area contributed by atoms with Gasteiger partial charge in [0.05, 0.1) is 16.8 Å². The topological polar surface area (TPSA) is 123 Å². The fraction of sp³-hybridized carbons (Fsp3) is 0.176. The van der Waals surface area contributed by atoms with Gasteiger partial charge in [-0.1, -0.05) is 13.0 Å². The number of nitrogens with two attached hydrogens (primary N) is 1. The number of rotatable bonds is 3. The largest absolute Gasteiger partial charge is 0.384 e. The summed E-state index contributed by atoms with van der Waals surface area (Å²) in [6.45, 7) is 3.54. The van der Waals surface area contributed by atoms with Crippen molar-refractivity contribution in [2.45, 2.75) is 20.3 Å². The van der Waals surface area contributed by atoms with E-state index in [0.717, 1.165) is 16.2 Å². The lowest BCUT2D eigenvalue weighted by molar-refractivity contribution is -0.115. The van der Waals surface area contributed by atoms with Crippen LogP contribution in [0.15, 0.2) is 29.1 Å². The molecule has 0 spiro atoms. The minimum atomic E-state index is -0.643. The average molecular weight is 340 g/mol. The molecule has 0 fully saturated rings. The van der Waals surface area contributed by atoms with Gasteiger partial charge in [0, 0.05) is 18.2 Å². The Kier molecular flexibility index (Phi) is 3.88. The van der Waals surface area contributed by atoms with Crippen LogP contribution in [0.1, 0.15) is 39.6 Å². The molecule has 128 valence electrons. The van der Waals surface area contributed by atoms with Crippen LogP contribution in [0.25, 0.3) is 5.69 Å². The number of carbonyl (C=O) groups is 3. The Bertz CT molecular complexity index is 991. The molecular formula is C17H16N4O4. The maximum Gasteiger partial charge on any atom is 0.262 e. The number of hydrogen-bond acceptors (Lipinski definition) is 5. The molecule has 0 saturated heterocycles. The highest BCUT2D eigenvalue weighted by molar-refractivity contribution is 6.23. The number of aromatic nitrogens is 1. The van der Waals surface area contributed by atoms with Gasteiger partial charge in [0.1, 0.15) is 5.82 Å². The molecular weight excluding hydrogens is 324 g/mol. The van der Waals surface area contributed by atoms with Gasteiger partial charge >= 0.3 is 0 Å². The van der Waals surface area contributed by atoms with Crippen LogP contribution in [0.4, 0.5) is 11.5 Å². The second-order valence-corrected chi connectivity index (χ2v) is 5.68. The van der Waals surface area contributed by atoms with Crippen molar-refractivity contribution in [3.63, 3.8) is 0 Å². The number of fused-ring (bicyclic) bond motifs is 1. The van der Waals surface area contributed by atoms with Gasteiger partial charge in [-0.05, 0) is 24.6 Å². The number of imide groups is 1. The normalized spacial score (nSPS) is 12.7. The van der Waals surface area contributed by atoms with Gasteiger partial charge in [0.15, 0.2) is 0 Å². The molecule has 1 aliphatic rings. The third-order valence-corrected chi connectivity index (χ3v) is 4.03. The zero-order chi connectivity index (χ0) is 18.3. The lowest BCUT2D eigenvalue weighted by atomic mass is 10.1. The van der Waals surface area contributed by atoms with E-state index < -0.39 is 17.4 Å². The van der Waals surface area contributed by atoms with Crippen molar-refractivity contribution >= 4 is 29.2 Å². The van der Waals surface area contributed by atoms with E-state index in [2.05, 4.69) is 10.6 Å². The summed E-state index contributed by atoms with van der Waals surface area (Å²) in [5.74, 6) is -1.57. The first-order valence-corrected chi connectivity index (χ1v) is 7.65. The van der Waals surface area contributed by atoms with Gasteiger partial charge in [-0.2, -0.15) is 0 Å². The maximum absolute atomic E-state index is 12.4. The molecule has 0 atom stereocenters. The minimum Gasteiger partial charge on any atom is -0.384 e. The zero-order valence-electron chi connectivity index (χ0n) is 13.7. The number of nitrogens with zero attached hydrogens (tertiary/aromatic N) is 1. The van der Waals surface area contributed by atoms with Gasteiger partial charge < -0.3 is 11.1 Å². The Morgan fingerprint density at radius 3 is 2.60 bits per heavy atom. The Morgan fingerprint density at radius 1 is 1.20 bits per heavy atom. The van der Waals surface area contributed by atoms with E-state index in [9.17, 15) is 19.2 Å². The molecule has 3 amide bonds. The summed E-state index contributed by atoms with van der Waals surface area (Å²) in [5, 5.41) is 4.86. The SMILES string of the molecule is CCC(=O)Nc1cc(-n2c(N)c3c(cc2=O)C(=O)NC3=O)ccc1C. The number of anilines is 2. The summed E-state index contributed by atoms with van der Waals surface area (Å²) in [6.07, 6.45) is 0.312. The quantitative estimate of drug-likeness (QED) is 0.718. The molecule has 2 aromatic rings. The number of aryl methyl sites for hydroxylation is 1. The van der Waals surface area contributed by atoms with Gasteiger partial charge in [-0.15, -0.1) is 0 Å². The standard InChI is InChI=1S/C17H16N4O4/c1-3-12(22)19-11-6-9(5-4-8(11)2)21-13(23)7-10-14(15(21)18)17(25)20-16(10)24/h4-7H,3,18H2,1-2H3,(H,19,22)(H,20,24,25). The summed E-state index contributed by atoms with van der Waals surface area (Å²) in [5.41, 5.74) is 7.13. The molecule has 1 aliphatic heterocycles. The highest BCUT2D eigenvalue weighted by Crippen LogP contribution is 2.25. The van der Waals surface area contributed by atoms with Crippen LogP contribution < -0.4 is 21.9 Å². The first-order valence-electron chi connectivity index (χ1n) is 7.65. The molecule has 1 aromatic carbocycles. The lowest BCUT2D eigenvalue weighted by Crippen LogP contribution is -2.24. The molecule has 3 rings (SSSR count). The molecule has 0 bridgehead atoms. The molecule has 4 N–H and O–H groups in total. The van der Waals surface area contributed by atoms with Crippen molar-refractivity contribution in [1.82, 2.24) is 9.88 Å². The van der Waals surface area contributed by atoms with Crippen molar-refractivity contribution in [1.29, 1.82) is 0 Å². The number of hydrogen-bond donors (Lipinski definition) is 3. The average Bonchev–Trinajstić information content (AvgIpc) is 2.84. The van der Waals surface area contributed by atoms with Crippen LogP contribution in [0, 0.1) is 6.92 Å². The first kappa shape index (κ1) is 16.4. The summed E-state index contributed by atoms with van der Waals surface area (Å²) in [6, 6.07) is 6.05. The summed E-state index contributed by atoms with van der Waals surface area (Å²) < 4.78 is 1.14. The Balaban J connectivity index is 2.18. The minimum absolute atomic E-state index is 0.0238. The number of benzene rings is 1. The van der Waals surface area contributed by atoms with Crippen LogP contribution >= 0.6 is 0 Å². The van der Waals surface area contributed by atoms with Gasteiger partial charge in [-0.3, -0.25) is 29.1 Å². The third-order valence-electron chi connectivity index (χ3n) is 4.03. The van der Waals surface area contributed by atoms with Gasteiger partial charge in [0.2, 0.25) is 5.91 Å². The van der Waals surface area contributed by atoms with Crippen molar-refractivity contribution in [3.8, 4) is 5.69 Å². The molecule has 0 aliphatic carbocycles. The fourth-order valence-corrected chi connectivity index (χ4v) is 2.67. The van der Waals surface area contributed by atoms with Gasteiger partial charge in [0.25, 0.3) is 17.4 Å². The molecule has 0 saturated carbocycles. The number of amides is 3. The van der Waals surface area contributed by atoms with E-state index in [4.69, 9.17) is 5.73 Å². The van der Waals surface area contributed by atoms with Crippen LogP contribution in [0.5, 0.6) is 0 Å². The zero-order valence-corrected chi connectivity index (χ0v) is 13.7. The number of pyridine rings is 1. The van der Waals surface area contributed by atoms with Crippen molar-refractivity contribution in [3.05, 3.63) is 51.3 Å². The highest BCUT2D eigenvalue weighted by Gasteiger charge is 2.31. The Morgan fingerprint density at radius 2 is 1.92 bits per heavy atom. The number of carbonyl (C=O) groups excluding carboxylic acids is 3. The molecule has 8 nitrogen and oxygen atoms in total. The second-order valence-electron chi connectivity index (χ2n) is 5.68. The third kappa shape index (κ3) is 2.67. The monoisotopic (exact) mass is 340 g/mol. The van der Waals surface area contributed by atoms with E-state index in [1.54, 1.807) is 25.1 Å². The predicted octanol–water partition coefficient (Wildman–Crippen LogP) is 0.960. The van der Waals surface area contributed by atoms with Crippen LogP contribution in [-0.4, -0.2) is 22.3 Å². The van der Waals surface area contributed by atoms with E-state index in [0.29, 0.717) is 17.8 Å².